The van der Waals surface area contributed by atoms with Gasteiger partial charge in [0, 0.05) is 35.8 Å². The van der Waals surface area contributed by atoms with Gasteiger partial charge in [0.25, 0.3) is 5.91 Å². The Balaban J connectivity index is 2.10. The first-order valence-corrected chi connectivity index (χ1v) is 13.4. The van der Waals surface area contributed by atoms with Gasteiger partial charge < -0.3 is 20.6 Å². The van der Waals surface area contributed by atoms with Crippen LogP contribution in [0.1, 0.15) is 61.9 Å². The van der Waals surface area contributed by atoms with Crippen molar-refractivity contribution >= 4 is 35.4 Å². The van der Waals surface area contributed by atoms with Gasteiger partial charge in [-0.05, 0) is 60.6 Å². The lowest BCUT2D eigenvalue weighted by atomic mass is 9.98. The Labute approximate surface area is 212 Å². The molecule has 0 heterocycles. The zero-order chi connectivity index (χ0) is 25.6. The molecule has 0 fully saturated rings. The summed E-state index contributed by atoms with van der Waals surface area (Å²) in [6.07, 6.45) is 6.23. The summed E-state index contributed by atoms with van der Waals surface area (Å²) in [5, 5.41) is 14.3. The van der Waals surface area contributed by atoms with Crippen LogP contribution in [0.25, 0.3) is 0 Å². The van der Waals surface area contributed by atoms with Gasteiger partial charge in [-0.2, -0.15) is 0 Å². The summed E-state index contributed by atoms with van der Waals surface area (Å²) in [5.74, 6) is -0.853. The quantitative estimate of drug-likeness (QED) is 0.283. The third kappa shape index (κ3) is 10.0. The van der Waals surface area contributed by atoms with E-state index in [0.717, 1.165) is 41.8 Å². The first-order chi connectivity index (χ1) is 16.9. The molecule has 0 saturated heterocycles. The fourth-order valence-electron chi connectivity index (χ4n) is 3.69. The third-order valence-electron chi connectivity index (χ3n) is 5.86. The normalized spacial score (nSPS) is 11.5. The number of nitrogens with zero attached hydrogens (tertiary/aromatic N) is 1. The van der Waals surface area contributed by atoms with Crippen LogP contribution in [0.3, 0.4) is 0 Å². The Morgan fingerprint density at radius 1 is 1.03 bits per heavy atom. The molecule has 0 aromatic heterocycles. The van der Waals surface area contributed by atoms with Crippen LogP contribution in [0.2, 0.25) is 0 Å². The number of carboxylic acids is 1. The Hall–Kier alpha value is -3.00. The van der Waals surface area contributed by atoms with Crippen molar-refractivity contribution in [1.82, 2.24) is 10.2 Å². The van der Waals surface area contributed by atoms with E-state index in [4.69, 9.17) is 5.11 Å². The predicted molar refractivity (Wildman–Crippen MR) is 142 cm³/mol. The number of hydrogen-bond donors (Lipinski definition) is 3. The number of unbranched alkanes of at least 4 members (excludes halogenated alkanes) is 1. The van der Waals surface area contributed by atoms with Crippen molar-refractivity contribution in [3.05, 3.63) is 59.7 Å². The number of nitrogens with one attached hydrogen (secondary N) is 2. The van der Waals surface area contributed by atoms with E-state index in [-0.39, 0.29) is 24.9 Å². The van der Waals surface area contributed by atoms with Gasteiger partial charge in [0.1, 0.15) is 0 Å². The summed E-state index contributed by atoms with van der Waals surface area (Å²) < 4.78 is 0. The smallest absolute Gasteiger partial charge is 0.322 e. The fourth-order valence-corrected chi connectivity index (χ4v) is 4.10. The van der Waals surface area contributed by atoms with Crippen molar-refractivity contribution in [2.45, 2.75) is 57.4 Å². The fraction of sp³-hybridized carbons (Fsp3) is 0.444. The Bertz CT molecular complexity index is 948. The van der Waals surface area contributed by atoms with Crippen LogP contribution in [0.4, 0.5) is 10.5 Å². The van der Waals surface area contributed by atoms with Gasteiger partial charge in [-0.1, -0.05) is 45.2 Å². The third-order valence-corrected chi connectivity index (χ3v) is 6.61. The van der Waals surface area contributed by atoms with Crippen LogP contribution < -0.4 is 10.6 Å². The number of carboxylic acid groups (broad SMARTS) is 1. The number of thioether (sulfide) groups is 1. The highest BCUT2D eigenvalue weighted by atomic mass is 32.2. The van der Waals surface area contributed by atoms with Crippen LogP contribution in [0.15, 0.2) is 53.4 Å². The number of carbonyl (C=O) groups is 3. The highest BCUT2D eigenvalue weighted by Crippen LogP contribution is 2.20. The summed E-state index contributed by atoms with van der Waals surface area (Å²) in [6.45, 7) is 5.50. The lowest BCUT2D eigenvalue weighted by Gasteiger charge is -2.28. The number of aliphatic carboxylic acids is 1. The highest BCUT2D eigenvalue weighted by molar-refractivity contribution is 7.98. The van der Waals surface area contributed by atoms with Crippen molar-refractivity contribution in [2.24, 2.45) is 5.92 Å². The van der Waals surface area contributed by atoms with E-state index in [1.807, 2.05) is 47.6 Å². The molecule has 2 rings (SSSR count). The molecule has 7 nitrogen and oxygen atoms in total. The second kappa shape index (κ2) is 15.1. The standard InChI is InChI=1S/C27H37N3O4S/c1-4-6-7-20(5-2)18-30(27(34)29-23-12-14-24(35-3)15-13-23)19-21-8-10-22(11-9-21)26(33)28-17-16-25(31)32/h8-15,20H,4-7,16-19H2,1-3H3,(H,28,33)(H,29,34)(H,31,32). The number of urea groups is 1. The molecule has 1 unspecified atom stereocenters. The molecule has 0 aliphatic heterocycles. The second-order valence-electron chi connectivity index (χ2n) is 8.55. The largest absolute Gasteiger partial charge is 0.481 e. The van der Waals surface area contributed by atoms with Gasteiger partial charge in [-0.25, -0.2) is 4.79 Å². The van der Waals surface area contributed by atoms with Crippen molar-refractivity contribution < 1.29 is 19.5 Å². The molecule has 1 atom stereocenters. The van der Waals surface area contributed by atoms with Crippen LogP contribution in [-0.2, 0) is 11.3 Å². The SMILES string of the molecule is CCCCC(CC)CN(Cc1ccc(C(=O)NCCC(=O)O)cc1)C(=O)Nc1ccc(SC)cc1. The lowest BCUT2D eigenvalue weighted by molar-refractivity contribution is -0.136. The molecule has 3 amide bonds. The van der Waals surface area contributed by atoms with E-state index in [1.165, 1.54) is 0 Å². The van der Waals surface area contributed by atoms with Gasteiger partial charge in [0.05, 0.1) is 6.42 Å². The summed E-state index contributed by atoms with van der Waals surface area (Å²) in [4.78, 5) is 39.1. The van der Waals surface area contributed by atoms with Crippen molar-refractivity contribution in [2.75, 3.05) is 24.7 Å². The van der Waals surface area contributed by atoms with Crippen molar-refractivity contribution in [3.8, 4) is 0 Å². The van der Waals surface area contributed by atoms with Gasteiger partial charge in [-0.15, -0.1) is 11.8 Å². The Morgan fingerprint density at radius 2 is 1.71 bits per heavy atom. The topological polar surface area (TPSA) is 98.7 Å². The first-order valence-electron chi connectivity index (χ1n) is 12.1. The molecule has 35 heavy (non-hydrogen) atoms. The molecule has 190 valence electrons. The average molecular weight is 500 g/mol. The number of amides is 3. The molecule has 2 aromatic rings. The Morgan fingerprint density at radius 3 is 2.29 bits per heavy atom. The second-order valence-corrected chi connectivity index (χ2v) is 9.43. The molecule has 0 spiro atoms. The summed E-state index contributed by atoms with van der Waals surface area (Å²) in [5.41, 5.74) is 2.14. The number of rotatable bonds is 14. The van der Waals surface area contributed by atoms with E-state index in [2.05, 4.69) is 24.5 Å². The van der Waals surface area contributed by atoms with E-state index in [0.29, 0.717) is 24.6 Å². The number of anilines is 1. The molecule has 0 bridgehead atoms. The first kappa shape index (κ1) is 28.2. The maximum atomic E-state index is 13.2. The minimum Gasteiger partial charge on any atom is -0.481 e. The molecule has 0 saturated carbocycles. The van der Waals surface area contributed by atoms with Gasteiger partial charge in [0.2, 0.25) is 0 Å². The molecule has 8 heteroatoms. The zero-order valence-corrected chi connectivity index (χ0v) is 21.7. The molecular weight excluding hydrogens is 462 g/mol. The number of benzene rings is 2. The van der Waals surface area contributed by atoms with E-state index >= 15 is 0 Å². The number of hydrogen-bond acceptors (Lipinski definition) is 4. The van der Waals surface area contributed by atoms with Gasteiger partial charge in [0.15, 0.2) is 0 Å². The zero-order valence-electron chi connectivity index (χ0n) is 20.9. The maximum absolute atomic E-state index is 13.2. The molecule has 0 radical (unpaired) electrons. The molecule has 0 aliphatic carbocycles. The van der Waals surface area contributed by atoms with E-state index in [1.54, 1.807) is 23.9 Å². The summed E-state index contributed by atoms with van der Waals surface area (Å²) in [6, 6.07) is 14.7. The van der Waals surface area contributed by atoms with Crippen LogP contribution >= 0.6 is 11.8 Å². The minimum atomic E-state index is -0.955. The maximum Gasteiger partial charge on any atom is 0.322 e. The minimum absolute atomic E-state index is 0.0813. The summed E-state index contributed by atoms with van der Waals surface area (Å²) in [7, 11) is 0. The van der Waals surface area contributed by atoms with E-state index in [9.17, 15) is 14.4 Å². The van der Waals surface area contributed by atoms with Crippen LogP contribution in [0, 0.1) is 5.92 Å². The summed E-state index contributed by atoms with van der Waals surface area (Å²) >= 11 is 1.65. The van der Waals surface area contributed by atoms with Crippen LogP contribution in [-0.4, -0.2) is 47.3 Å². The molecule has 2 aromatic carbocycles. The van der Waals surface area contributed by atoms with Gasteiger partial charge >= 0.3 is 12.0 Å². The van der Waals surface area contributed by atoms with Gasteiger partial charge in [-0.3, -0.25) is 9.59 Å². The van der Waals surface area contributed by atoms with Crippen molar-refractivity contribution in [3.63, 3.8) is 0 Å². The highest BCUT2D eigenvalue weighted by Gasteiger charge is 2.19. The molecule has 0 aliphatic rings. The Kier molecular flexibility index (Phi) is 12.2. The van der Waals surface area contributed by atoms with E-state index < -0.39 is 5.97 Å². The number of carbonyl (C=O) groups excluding carboxylic acids is 2. The monoisotopic (exact) mass is 499 g/mol. The predicted octanol–water partition coefficient (Wildman–Crippen LogP) is 5.86. The van der Waals surface area contributed by atoms with Crippen molar-refractivity contribution in [1.29, 1.82) is 0 Å². The van der Waals surface area contributed by atoms with Crippen LogP contribution in [0.5, 0.6) is 0 Å². The lowest BCUT2D eigenvalue weighted by Crippen LogP contribution is -2.38. The average Bonchev–Trinajstić information content (AvgIpc) is 2.86. The molecular formula is C27H37N3O4S. The molecule has 3 N–H and O–H groups in total.